The first-order valence-corrected chi connectivity index (χ1v) is 5.40. The van der Waals surface area contributed by atoms with Gasteiger partial charge >= 0.3 is 0 Å². The van der Waals surface area contributed by atoms with Crippen LogP contribution in [0.4, 0.5) is 5.69 Å². The molecular formula is C12H13N3. The molecule has 0 aliphatic carbocycles. The summed E-state index contributed by atoms with van der Waals surface area (Å²) in [6.07, 6.45) is 1.03. The predicted molar refractivity (Wildman–Crippen MR) is 58.8 cm³/mol. The Labute approximate surface area is 89.3 Å². The van der Waals surface area contributed by atoms with E-state index in [0.717, 1.165) is 38.2 Å². The van der Waals surface area contributed by atoms with Crippen molar-refractivity contribution >= 4 is 5.69 Å². The molecule has 0 unspecified atom stereocenters. The number of hydrogen-bond acceptors (Lipinski definition) is 3. The van der Waals surface area contributed by atoms with Crippen LogP contribution in [-0.2, 0) is 13.0 Å². The van der Waals surface area contributed by atoms with Crippen LogP contribution in [-0.4, -0.2) is 19.6 Å². The topological polar surface area (TPSA) is 39.1 Å². The van der Waals surface area contributed by atoms with Gasteiger partial charge in [-0.2, -0.15) is 5.26 Å². The van der Waals surface area contributed by atoms with E-state index in [1.165, 1.54) is 16.8 Å². The van der Waals surface area contributed by atoms with Crippen LogP contribution >= 0.6 is 0 Å². The largest absolute Gasteiger partial charge is 0.369 e. The second-order valence-corrected chi connectivity index (χ2v) is 4.13. The molecule has 1 aromatic rings. The van der Waals surface area contributed by atoms with Gasteiger partial charge in [0, 0.05) is 31.9 Å². The van der Waals surface area contributed by atoms with Gasteiger partial charge < -0.3 is 10.2 Å². The van der Waals surface area contributed by atoms with Gasteiger partial charge in [0.05, 0.1) is 11.6 Å². The Morgan fingerprint density at radius 1 is 1.33 bits per heavy atom. The molecule has 0 amide bonds. The summed E-state index contributed by atoms with van der Waals surface area (Å²) in [5.74, 6) is 0. The van der Waals surface area contributed by atoms with Gasteiger partial charge in [-0.3, -0.25) is 0 Å². The minimum atomic E-state index is 0.859. The van der Waals surface area contributed by atoms with E-state index < -0.39 is 0 Å². The molecule has 0 bridgehead atoms. The Hall–Kier alpha value is -1.53. The van der Waals surface area contributed by atoms with Crippen molar-refractivity contribution in [3.63, 3.8) is 0 Å². The van der Waals surface area contributed by atoms with Gasteiger partial charge in [-0.15, -0.1) is 0 Å². The fraction of sp³-hybridized carbons (Fsp3) is 0.417. The van der Waals surface area contributed by atoms with E-state index in [9.17, 15) is 0 Å². The summed E-state index contributed by atoms with van der Waals surface area (Å²) in [6.45, 7) is 4.11. The molecule has 0 fully saturated rings. The monoisotopic (exact) mass is 199 g/mol. The van der Waals surface area contributed by atoms with Crippen LogP contribution < -0.4 is 10.2 Å². The Kier molecular flexibility index (Phi) is 1.90. The Bertz CT molecular complexity index is 445. The van der Waals surface area contributed by atoms with Crippen molar-refractivity contribution in [2.75, 3.05) is 24.5 Å². The highest BCUT2D eigenvalue weighted by Gasteiger charge is 2.25. The van der Waals surface area contributed by atoms with Crippen LogP contribution in [0.5, 0.6) is 0 Å². The molecular weight excluding hydrogens is 186 g/mol. The summed E-state index contributed by atoms with van der Waals surface area (Å²) in [5, 5.41) is 12.5. The molecule has 2 aliphatic heterocycles. The first-order chi connectivity index (χ1) is 7.40. The second kappa shape index (κ2) is 3.25. The fourth-order valence-electron chi connectivity index (χ4n) is 2.60. The molecule has 3 nitrogen and oxygen atoms in total. The third kappa shape index (κ3) is 1.22. The molecule has 3 rings (SSSR count). The van der Waals surface area contributed by atoms with Crippen LogP contribution in [0.2, 0.25) is 0 Å². The van der Waals surface area contributed by atoms with Gasteiger partial charge in [0.2, 0.25) is 0 Å². The molecule has 76 valence electrons. The smallest absolute Gasteiger partial charge is 0.0995 e. The summed E-state index contributed by atoms with van der Waals surface area (Å²) in [7, 11) is 0. The molecule has 15 heavy (non-hydrogen) atoms. The van der Waals surface area contributed by atoms with Crippen LogP contribution in [0, 0.1) is 11.3 Å². The highest BCUT2D eigenvalue weighted by atomic mass is 15.2. The fourth-order valence-corrected chi connectivity index (χ4v) is 2.60. The first kappa shape index (κ1) is 8.75. The number of benzene rings is 1. The van der Waals surface area contributed by atoms with Crippen molar-refractivity contribution in [3.05, 3.63) is 28.8 Å². The second-order valence-electron chi connectivity index (χ2n) is 4.13. The Balaban J connectivity index is 2.21. The standard InChI is InChI=1S/C12H13N3/c13-7-9-1-2-10-8-14-4-6-15-5-3-11(9)12(10)15/h1-2,14H,3-6,8H2. The minimum absolute atomic E-state index is 0.859. The summed E-state index contributed by atoms with van der Waals surface area (Å²) in [6, 6.07) is 6.35. The number of nitrogens with one attached hydrogen (secondary N) is 1. The van der Waals surface area contributed by atoms with Gasteiger partial charge in [-0.25, -0.2) is 0 Å². The van der Waals surface area contributed by atoms with Crippen LogP contribution in [0.3, 0.4) is 0 Å². The summed E-state index contributed by atoms with van der Waals surface area (Å²) >= 11 is 0. The highest BCUT2D eigenvalue weighted by Crippen LogP contribution is 2.34. The molecule has 0 atom stereocenters. The van der Waals surface area contributed by atoms with Crippen molar-refractivity contribution in [3.8, 4) is 6.07 Å². The Morgan fingerprint density at radius 3 is 3.13 bits per heavy atom. The van der Waals surface area contributed by atoms with E-state index in [2.05, 4.69) is 22.4 Å². The first-order valence-electron chi connectivity index (χ1n) is 5.40. The zero-order chi connectivity index (χ0) is 10.3. The molecule has 0 aromatic heterocycles. The number of anilines is 1. The number of rotatable bonds is 0. The summed E-state index contributed by atoms with van der Waals surface area (Å²) < 4.78 is 0. The number of hydrogen-bond donors (Lipinski definition) is 1. The lowest BCUT2D eigenvalue weighted by Gasteiger charge is -2.18. The minimum Gasteiger partial charge on any atom is -0.369 e. The van der Waals surface area contributed by atoms with Crippen molar-refractivity contribution in [2.45, 2.75) is 13.0 Å². The maximum atomic E-state index is 9.06. The van der Waals surface area contributed by atoms with E-state index in [1.807, 2.05) is 6.07 Å². The van der Waals surface area contributed by atoms with Crippen LogP contribution in [0.25, 0.3) is 0 Å². The normalized spacial score (nSPS) is 18.2. The van der Waals surface area contributed by atoms with E-state index in [4.69, 9.17) is 5.26 Å². The zero-order valence-electron chi connectivity index (χ0n) is 8.58. The van der Waals surface area contributed by atoms with Gasteiger partial charge in [0.15, 0.2) is 0 Å². The van der Waals surface area contributed by atoms with Crippen molar-refractivity contribution in [2.24, 2.45) is 0 Å². The zero-order valence-corrected chi connectivity index (χ0v) is 8.58. The molecule has 0 saturated heterocycles. The van der Waals surface area contributed by atoms with Crippen molar-refractivity contribution < 1.29 is 0 Å². The lowest BCUT2D eigenvalue weighted by atomic mass is 10.0. The van der Waals surface area contributed by atoms with Gasteiger partial charge in [-0.05, 0) is 23.6 Å². The molecule has 0 saturated carbocycles. The lowest BCUT2D eigenvalue weighted by Crippen LogP contribution is -2.27. The number of nitrogens with zero attached hydrogens (tertiary/aromatic N) is 2. The third-order valence-corrected chi connectivity index (χ3v) is 3.31. The molecule has 1 N–H and O–H groups in total. The van der Waals surface area contributed by atoms with Gasteiger partial charge in [-0.1, -0.05) is 6.07 Å². The SMILES string of the molecule is N#Cc1ccc2c3c1CCN3CCNC2. The predicted octanol–water partition coefficient (Wildman–Crippen LogP) is 1.02. The lowest BCUT2D eigenvalue weighted by molar-refractivity contribution is 0.692. The Morgan fingerprint density at radius 2 is 2.27 bits per heavy atom. The van der Waals surface area contributed by atoms with Crippen molar-refractivity contribution in [1.29, 1.82) is 5.26 Å². The van der Waals surface area contributed by atoms with Crippen molar-refractivity contribution in [1.82, 2.24) is 5.32 Å². The summed E-state index contributed by atoms with van der Waals surface area (Å²) in [4.78, 5) is 2.41. The van der Waals surface area contributed by atoms with Gasteiger partial charge in [0.25, 0.3) is 0 Å². The highest BCUT2D eigenvalue weighted by molar-refractivity contribution is 5.68. The molecule has 0 spiro atoms. The van der Waals surface area contributed by atoms with E-state index in [-0.39, 0.29) is 0 Å². The van der Waals surface area contributed by atoms with E-state index in [1.54, 1.807) is 0 Å². The van der Waals surface area contributed by atoms with Crippen LogP contribution in [0.1, 0.15) is 16.7 Å². The van der Waals surface area contributed by atoms with E-state index >= 15 is 0 Å². The average molecular weight is 199 g/mol. The number of nitriles is 1. The molecule has 2 heterocycles. The maximum absolute atomic E-state index is 9.06. The quantitative estimate of drug-likeness (QED) is 0.678. The third-order valence-electron chi connectivity index (χ3n) is 3.31. The molecule has 0 radical (unpaired) electrons. The maximum Gasteiger partial charge on any atom is 0.0995 e. The molecule has 3 heteroatoms. The van der Waals surface area contributed by atoms with Gasteiger partial charge in [0.1, 0.15) is 0 Å². The summed E-state index contributed by atoms with van der Waals surface area (Å²) in [5.41, 5.74) is 4.80. The molecule has 1 aromatic carbocycles. The van der Waals surface area contributed by atoms with E-state index in [0.29, 0.717) is 0 Å². The van der Waals surface area contributed by atoms with Crippen LogP contribution in [0.15, 0.2) is 12.1 Å². The molecule has 2 aliphatic rings. The average Bonchev–Trinajstić information content (AvgIpc) is 2.57.